The Balaban J connectivity index is 2.53. The van der Waals surface area contributed by atoms with E-state index in [9.17, 15) is 0 Å². The molecule has 0 aromatic carbocycles. The van der Waals surface area contributed by atoms with Gasteiger partial charge in [-0.05, 0) is 12.8 Å². The SMILES string of the molecule is [CH2]CCCOC[CH]C. The molecule has 1 heteroatoms. The average molecular weight is 114 g/mol. The summed E-state index contributed by atoms with van der Waals surface area (Å²) < 4.78 is 5.13. The molecule has 0 aromatic rings. The lowest BCUT2D eigenvalue weighted by Crippen LogP contribution is -1.94. The Hall–Kier alpha value is -0.0400. The van der Waals surface area contributed by atoms with Gasteiger partial charge >= 0.3 is 0 Å². The first-order valence-corrected chi connectivity index (χ1v) is 3.06. The molecule has 0 rings (SSSR count). The van der Waals surface area contributed by atoms with Crippen molar-refractivity contribution in [3.8, 4) is 0 Å². The van der Waals surface area contributed by atoms with Crippen LogP contribution in [0.1, 0.15) is 19.8 Å². The largest absolute Gasteiger partial charge is 0.381 e. The summed E-state index contributed by atoms with van der Waals surface area (Å²) in [5.41, 5.74) is 0. The summed E-state index contributed by atoms with van der Waals surface area (Å²) in [4.78, 5) is 0. The van der Waals surface area contributed by atoms with Gasteiger partial charge in [-0.15, -0.1) is 0 Å². The summed E-state index contributed by atoms with van der Waals surface area (Å²) in [5.74, 6) is 0. The monoisotopic (exact) mass is 114 g/mol. The van der Waals surface area contributed by atoms with E-state index in [0.717, 1.165) is 26.1 Å². The molecule has 0 heterocycles. The van der Waals surface area contributed by atoms with Crippen molar-refractivity contribution >= 4 is 0 Å². The van der Waals surface area contributed by atoms with Gasteiger partial charge < -0.3 is 4.74 Å². The van der Waals surface area contributed by atoms with E-state index in [0.29, 0.717) is 0 Å². The number of ether oxygens (including phenoxy) is 1. The smallest absolute Gasteiger partial charge is 0.0495 e. The van der Waals surface area contributed by atoms with Crippen LogP contribution < -0.4 is 0 Å². The van der Waals surface area contributed by atoms with Crippen molar-refractivity contribution in [2.24, 2.45) is 0 Å². The molecule has 0 aliphatic rings. The van der Waals surface area contributed by atoms with Crippen LogP contribution in [0.3, 0.4) is 0 Å². The molecule has 8 heavy (non-hydrogen) atoms. The van der Waals surface area contributed by atoms with E-state index in [2.05, 4.69) is 6.92 Å². The quantitative estimate of drug-likeness (QED) is 0.495. The highest BCUT2D eigenvalue weighted by atomic mass is 16.5. The van der Waals surface area contributed by atoms with Crippen molar-refractivity contribution in [2.75, 3.05) is 13.2 Å². The molecule has 0 amide bonds. The molecule has 0 aliphatic heterocycles. The molecule has 0 saturated carbocycles. The highest BCUT2D eigenvalue weighted by Gasteiger charge is 1.82. The second-order valence-corrected chi connectivity index (χ2v) is 1.69. The number of hydrogen-bond acceptors (Lipinski definition) is 1. The Morgan fingerprint density at radius 3 is 2.88 bits per heavy atom. The highest BCUT2D eigenvalue weighted by molar-refractivity contribution is 4.51. The molecule has 0 aromatic heterocycles. The molecule has 1 nitrogen and oxygen atoms in total. The second-order valence-electron chi connectivity index (χ2n) is 1.69. The third-order valence-corrected chi connectivity index (χ3v) is 0.823. The van der Waals surface area contributed by atoms with Crippen molar-refractivity contribution in [1.29, 1.82) is 0 Å². The fourth-order valence-electron chi connectivity index (χ4n) is 0.405. The molecular weight excluding hydrogens is 100 g/mol. The fraction of sp³-hybridized carbons (Fsp3) is 0.714. The summed E-state index contributed by atoms with van der Waals surface area (Å²) in [6.07, 6.45) is 4.06. The molecule has 0 fully saturated rings. The van der Waals surface area contributed by atoms with Crippen LogP contribution in [0, 0.1) is 13.3 Å². The van der Waals surface area contributed by atoms with E-state index in [-0.39, 0.29) is 0 Å². The lowest BCUT2D eigenvalue weighted by atomic mass is 10.4. The Morgan fingerprint density at radius 2 is 2.38 bits per heavy atom. The third-order valence-electron chi connectivity index (χ3n) is 0.823. The van der Waals surface area contributed by atoms with E-state index in [1.165, 1.54) is 0 Å². The molecule has 0 saturated heterocycles. The van der Waals surface area contributed by atoms with E-state index in [4.69, 9.17) is 4.74 Å². The number of hydrogen-bond donors (Lipinski definition) is 0. The molecule has 0 N–H and O–H groups in total. The summed E-state index contributed by atoms with van der Waals surface area (Å²) in [6.45, 7) is 7.32. The van der Waals surface area contributed by atoms with Gasteiger partial charge in [-0.2, -0.15) is 0 Å². The summed E-state index contributed by atoms with van der Waals surface area (Å²) in [7, 11) is 0. The minimum atomic E-state index is 0.778. The van der Waals surface area contributed by atoms with Gasteiger partial charge in [0.05, 0.1) is 0 Å². The van der Waals surface area contributed by atoms with Crippen molar-refractivity contribution < 1.29 is 4.74 Å². The van der Waals surface area contributed by atoms with Crippen LogP contribution in [-0.4, -0.2) is 13.2 Å². The van der Waals surface area contributed by atoms with Gasteiger partial charge in [0.2, 0.25) is 0 Å². The second kappa shape index (κ2) is 6.96. The Labute approximate surface area is 52.0 Å². The first-order valence-electron chi connectivity index (χ1n) is 3.06. The maximum Gasteiger partial charge on any atom is 0.0495 e. The van der Waals surface area contributed by atoms with Crippen LogP contribution in [0.2, 0.25) is 0 Å². The highest BCUT2D eigenvalue weighted by Crippen LogP contribution is 1.87. The van der Waals surface area contributed by atoms with Gasteiger partial charge in [0.25, 0.3) is 0 Å². The molecule has 0 unspecified atom stereocenters. The van der Waals surface area contributed by atoms with Gasteiger partial charge in [-0.3, -0.25) is 0 Å². The summed E-state index contributed by atoms with van der Waals surface area (Å²) in [5, 5.41) is 0. The first kappa shape index (κ1) is 7.96. The average Bonchev–Trinajstić information content (AvgIpc) is 1.81. The fourth-order valence-corrected chi connectivity index (χ4v) is 0.405. The van der Waals surface area contributed by atoms with Crippen LogP contribution in [-0.2, 0) is 4.74 Å². The zero-order valence-corrected chi connectivity index (χ0v) is 5.52. The zero-order chi connectivity index (χ0) is 6.24. The van der Waals surface area contributed by atoms with Crippen molar-refractivity contribution in [3.05, 3.63) is 13.3 Å². The minimum Gasteiger partial charge on any atom is -0.381 e. The molecule has 2 radical (unpaired) electrons. The Kier molecular flexibility index (Phi) is 6.93. The van der Waals surface area contributed by atoms with Crippen molar-refractivity contribution in [3.63, 3.8) is 0 Å². The molecule has 0 bridgehead atoms. The van der Waals surface area contributed by atoms with Crippen LogP contribution >= 0.6 is 0 Å². The maximum atomic E-state index is 5.13. The molecule has 0 spiro atoms. The predicted molar refractivity (Wildman–Crippen MR) is 35.4 cm³/mol. The van der Waals surface area contributed by atoms with Crippen molar-refractivity contribution in [2.45, 2.75) is 19.8 Å². The lowest BCUT2D eigenvalue weighted by Gasteiger charge is -1.97. The van der Waals surface area contributed by atoms with Gasteiger partial charge in [-0.1, -0.05) is 20.3 Å². The zero-order valence-electron chi connectivity index (χ0n) is 5.52. The minimum absolute atomic E-state index is 0.778. The van der Waals surface area contributed by atoms with E-state index >= 15 is 0 Å². The number of rotatable bonds is 5. The summed E-state index contributed by atoms with van der Waals surface area (Å²) in [6, 6.07) is 0. The van der Waals surface area contributed by atoms with E-state index in [1.54, 1.807) is 0 Å². The Morgan fingerprint density at radius 1 is 1.62 bits per heavy atom. The molecule has 48 valence electrons. The molecule has 0 aliphatic carbocycles. The van der Waals surface area contributed by atoms with Gasteiger partial charge in [0.15, 0.2) is 0 Å². The standard InChI is InChI=1S/C7H14O/c1-3-5-7-8-6-4-2/h4H,1,3,5-7H2,2H3. The lowest BCUT2D eigenvalue weighted by molar-refractivity contribution is 0.152. The first-order chi connectivity index (χ1) is 3.91. The van der Waals surface area contributed by atoms with Crippen LogP contribution in [0.5, 0.6) is 0 Å². The van der Waals surface area contributed by atoms with E-state index < -0.39 is 0 Å². The van der Waals surface area contributed by atoms with Crippen LogP contribution in [0.15, 0.2) is 0 Å². The van der Waals surface area contributed by atoms with Crippen LogP contribution in [0.4, 0.5) is 0 Å². The maximum absolute atomic E-state index is 5.13. The molecule has 0 atom stereocenters. The predicted octanol–water partition coefficient (Wildman–Crippen LogP) is 1.84. The van der Waals surface area contributed by atoms with Crippen molar-refractivity contribution in [1.82, 2.24) is 0 Å². The Bertz CT molecular complexity index is 29.4. The number of unbranched alkanes of at least 4 members (excludes halogenated alkanes) is 1. The van der Waals surface area contributed by atoms with Gasteiger partial charge in [-0.25, -0.2) is 0 Å². The van der Waals surface area contributed by atoms with Gasteiger partial charge in [0.1, 0.15) is 0 Å². The van der Waals surface area contributed by atoms with E-state index in [1.807, 2.05) is 13.3 Å². The topological polar surface area (TPSA) is 9.23 Å². The summed E-state index contributed by atoms with van der Waals surface area (Å²) >= 11 is 0. The molecular formula is C7H14O. The normalized spacial score (nSPS) is 9.75. The van der Waals surface area contributed by atoms with Crippen LogP contribution in [0.25, 0.3) is 0 Å². The third kappa shape index (κ3) is 5.96. The van der Waals surface area contributed by atoms with Gasteiger partial charge in [0, 0.05) is 13.2 Å².